The molecule has 0 spiro atoms. The van der Waals surface area contributed by atoms with Crippen LogP contribution in [0.5, 0.6) is 5.75 Å². The molecule has 1 unspecified atom stereocenters. The zero-order chi connectivity index (χ0) is 26.2. The predicted octanol–water partition coefficient (Wildman–Crippen LogP) is 7.40. The normalized spacial score (nSPS) is 12.1. The highest BCUT2D eigenvalue weighted by Crippen LogP contribution is 2.38. The Morgan fingerprint density at radius 1 is 1.29 bits per heavy atom. The number of nitrogens with zero attached hydrogens (tertiary/aromatic N) is 2. The second kappa shape index (κ2) is 12.9. The zero-order valence-corrected chi connectivity index (χ0v) is 21.5. The van der Waals surface area contributed by atoms with E-state index in [2.05, 4.69) is 38.2 Å². The van der Waals surface area contributed by atoms with Gasteiger partial charge < -0.3 is 15.2 Å². The van der Waals surface area contributed by atoms with Crippen molar-refractivity contribution < 1.29 is 27.8 Å². The molecule has 0 fully saturated rings. The summed E-state index contributed by atoms with van der Waals surface area (Å²) in [7, 11) is 1.72. The van der Waals surface area contributed by atoms with Crippen LogP contribution in [0.25, 0.3) is 16.9 Å². The number of fused-ring (bicyclic) bond motifs is 1. The van der Waals surface area contributed by atoms with Crippen molar-refractivity contribution in [3.8, 4) is 17.0 Å². The molecule has 2 heterocycles. The number of benzene rings is 1. The van der Waals surface area contributed by atoms with E-state index in [1.807, 2.05) is 40.6 Å². The third-order valence-electron chi connectivity index (χ3n) is 4.99. The summed E-state index contributed by atoms with van der Waals surface area (Å²) in [4.78, 5) is 14.9. The van der Waals surface area contributed by atoms with Crippen LogP contribution in [0.15, 0.2) is 41.4 Å². The van der Waals surface area contributed by atoms with Crippen molar-refractivity contribution in [1.29, 1.82) is 0 Å². The molecule has 35 heavy (non-hydrogen) atoms. The number of anilines is 1. The number of unbranched alkanes of at least 4 members (excludes halogenated alkanes) is 1. The maximum atomic E-state index is 10.6. The van der Waals surface area contributed by atoms with E-state index >= 15 is 0 Å². The summed E-state index contributed by atoms with van der Waals surface area (Å²) in [6.07, 6.45) is 0.178. The maximum absolute atomic E-state index is 10.6. The molecule has 3 aromatic rings. The Morgan fingerprint density at radius 3 is 2.54 bits per heavy atom. The smallest absolute Gasteiger partial charge is 0.490 e. The van der Waals surface area contributed by atoms with Crippen molar-refractivity contribution >= 4 is 40.8 Å². The molecule has 1 aromatic carbocycles. The molecule has 11 heteroatoms. The van der Waals surface area contributed by atoms with E-state index in [1.54, 1.807) is 7.11 Å². The molecular formula is C24H29ClF3N3O3S. The molecule has 6 nitrogen and oxygen atoms in total. The van der Waals surface area contributed by atoms with Crippen molar-refractivity contribution in [3.05, 3.63) is 41.6 Å². The molecule has 0 saturated heterocycles. The average molecular weight is 532 g/mol. The molecule has 0 saturated carbocycles. The number of ether oxygens (including phenoxy) is 1. The minimum Gasteiger partial charge on any atom is -0.496 e. The molecule has 0 radical (unpaired) electrons. The molecule has 0 bridgehead atoms. The van der Waals surface area contributed by atoms with Crippen LogP contribution in [0.4, 0.5) is 19.0 Å². The van der Waals surface area contributed by atoms with E-state index < -0.39 is 12.1 Å². The molecule has 0 aliphatic rings. The molecule has 192 valence electrons. The summed E-state index contributed by atoms with van der Waals surface area (Å²) in [5.41, 5.74) is 2.89. The fourth-order valence-electron chi connectivity index (χ4n) is 2.99. The number of alkyl halides is 3. The van der Waals surface area contributed by atoms with Crippen molar-refractivity contribution in [2.24, 2.45) is 0 Å². The molecule has 2 N–H and O–H groups in total. The van der Waals surface area contributed by atoms with Crippen LogP contribution in [0.3, 0.4) is 0 Å². The second-order valence-corrected chi connectivity index (χ2v) is 9.59. The van der Waals surface area contributed by atoms with Crippen LogP contribution in [0.1, 0.15) is 40.0 Å². The lowest BCUT2D eigenvalue weighted by Gasteiger charge is -2.14. The van der Waals surface area contributed by atoms with Gasteiger partial charge >= 0.3 is 12.1 Å². The van der Waals surface area contributed by atoms with Gasteiger partial charge in [-0.15, -0.1) is 11.8 Å². The first-order valence-electron chi connectivity index (χ1n) is 11.1. The predicted molar refractivity (Wildman–Crippen MR) is 135 cm³/mol. The highest BCUT2D eigenvalue weighted by atomic mass is 35.5. The Morgan fingerprint density at radius 2 is 1.97 bits per heavy atom. The number of pyridine rings is 1. The molecular weight excluding hydrogens is 503 g/mol. The van der Waals surface area contributed by atoms with Crippen LogP contribution >= 0.6 is 23.4 Å². The number of rotatable bonds is 9. The summed E-state index contributed by atoms with van der Waals surface area (Å²) < 4.78 is 39.4. The molecule has 0 aliphatic heterocycles. The Balaban J connectivity index is 0.000000540. The fraction of sp³-hybridized carbons (Fsp3) is 0.417. The quantitative estimate of drug-likeness (QED) is 0.221. The van der Waals surface area contributed by atoms with Gasteiger partial charge in [0.25, 0.3) is 0 Å². The molecule has 3 rings (SSSR count). The summed E-state index contributed by atoms with van der Waals surface area (Å²) >= 11 is 8.09. The Hall–Kier alpha value is -2.59. The largest absolute Gasteiger partial charge is 0.496 e. The number of methoxy groups -OCH3 is 1. The van der Waals surface area contributed by atoms with Crippen LogP contribution in [-0.4, -0.2) is 45.5 Å². The Kier molecular flexibility index (Phi) is 10.6. The van der Waals surface area contributed by atoms with Crippen molar-refractivity contribution in [2.45, 2.75) is 56.4 Å². The first-order valence-corrected chi connectivity index (χ1v) is 12.3. The highest BCUT2D eigenvalue weighted by Gasteiger charge is 2.38. The van der Waals surface area contributed by atoms with Crippen molar-refractivity contribution in [1.82, 2.24) is 9.38 Å². The van der Waals surface area contributed by atoms with Gasteiger partial charge in [-0.1, -0.05) is 38.8 Å². The van der Waals surface area contributed by atoms with Gasteiger partial charge in [0, 0.05) is 23.6 Å². The van der Waals surface area contributed by atoms with E-state index in [4.69, 9.17) is 31.2 Å². The van der Waals surface area contributed by atoms with E-state index in [1.165, 1.54) is 0 Å². The average Bonchev–Trinajstić information content (AvgIpc) is 3.16. The third-order valence-corrected chi connectivity index (χ3v) is 6.52. The number of carboxylic acid groups (broad SMARTS) is 1. The summed E-state index contributed by atoms with van der Waals surface area (Å²) in [5, 5.41) is 11.9. The van der Waals surface area contributed by atoms with Crippen LogP contribution < -0.4 is 10.1 Å². The van der Waals surface area contributed by atoms with Crippen molar-refractivity contribution in [2.75, 3.05) is 19.0 Å². The van der Waals surface area contributed by atoms with Gasteiger partial charge in [-0.2, -0.15) is 13.2 Å². The van der Waals surface area contributed by atoms with E-state index in [-0.39, 0.29) is 0 Å². The monoisotopic (exact) mass is 531 g/mol. The van der Waals surface area contributed by atoms with E-state index in [0.717, 1.165) is 59.2 Å². The SMILES string of the molecule is CCCCNc1c(-c2ccc(OC)c(SC(C)CC)c2)nc2ccc(Cl)cn12.O=C(O)C(F)(F)F. The van der Waals surface area contributed by atoms with Gasteiger partial charge in [0.15, 0.2) is 0 Å². The van der Waals surface area contributed by atoms with Gasteiger partial charge in [0.1, 0.15) is 22.9 Å². The molecule has 0 amide bonds. The van der Waals surface area contributed by atoms with E-state index in [0.29, 0.717) is 10.3 Å². The van der Waals surface area contributed by atoms with Gasteiger partial charge in [0.05, 0.1) is 17.0 Å². The lowest BCUT2D eigenvalue weighted by Crippen LogP contribution is -2.21. The van der Waals surface area contributed by atoms with Gasteiger partial charge in [-0.3, -0.25) is 4.40 Å². The maximum Gasteiger partial charge on any atom is 0.490 e. The Labute approximate surface area is 211 Å². The van der Waals surface area contributed by atoms with Crippen LogP contribution in [-0.2, 0) is 4.79 Å². The summed E-state index contributed by atoms with van der Waals surface area (Å²) in [6.45, 7) is 7.53. The lowest BCUT2D eigenvalue weighted by molar-refractivity contribution is -0.192. The molecule has 0 aliphatic carbocycles. The summed E-state index contributed by atoms with van der Waals surface area (Å²) in [5.74, 6) is -0.871. The molecule has 2 aromatic heterocycles. The van der Waals surface area contributed by atoms with Crippen molar-refractivity contribution in [3.63, 3.8) is 0 Å². The minimum atomic E-state index is -5.08. The number of hydrogen-bond acceptors (Lipinski definition) is 5. The fourth-order valence-corrected chi connectivity index (χ4v) is 4.21. The van der Waals surface area contributed by atoms with Crippen LogP contribution in [0, 0.1) is 0 Å². The van der Waals surface area contributed by atoms with Gasteiger partial charge in [0.2, 0.25) is 0 Å². The number of carboxylic acids is 1. The number of hydrogen-bond donors (Lipinski definition) is 2. The first-order chi connectivity index (χ1) is 16.5. The second-order valence-electron chi connectivity index (χ2n) is 7.67. The third kappa shape index (κ3) is 7.96. The standard InChI is InChI=1S/C22H28ClN3OS.C2HF3O2/c1-5-7-12-24-22-21(25-20-11-9-17(23)14-26(20)22)16-8-10-18(27-4)19(13-16)28-15(3)6-2;3-2(4,5)1(6)7/h8-11,13-15,24H,5-7,12H2,1-4H3;(H,6,7). The van der Waals surface area contributed by atoms with Gasteiger partial charge in [-0.05, 0) is 43.2 Å². The number of carbonyl (C=O) groups is 1. The topological polar surface area (TPSA) is 75.9 Å². The number of aliphatic carboxylic acids is 1. The minimum absolute atomic E-state index is 0.520. The molecule has 1 atom stereocenters. The van der Waals surface area contributed by atoms with Gasteiger partial charge in [-0.25, -0.2) is 9.78 Å². The number of imidazole rings is 1. The van der Waals surface area contributed by atoms with E-state index in [9.17, 15) is 13.2 Å². The number of thioether (sulfide) groups is 1. The summed E-state index contributed by atoms with van der Waals surface area (Å²) in [6, 6.07) is 10.1. The lowest BCUT2D eigenvalue weighted by atomic mass is 10.1. The number of halogens is 4. The highest BCUT2D eigenvalue weighted by molar-refractivity contribution is 8.00. The zero-order valence-electron chi connectivity index (χ0n) is 19.9. The Bertz CT molecular complexity index is 1140. The van der Waals surface area contributed by atoms with Crippen LogP contribution in [0.2, 0.25) is 5.02 Å². The number of aromatic nitrogens is 2. The first kappa shape index (κ1) is 28.6. The number of nitrogens with one attached hydrogen (secondary N) is 1.